The van der Waals surface area contributed by atoms with Crippen LogP contribution in [0.25, 0.3) is 0 Å². The Morgan fingerprint density at radius 1 is 1.11 bits per heavy atom. The quantitative estimate of drug-likeness (QED) is 0.712. The molecule has 144 valence electrons. The lowest BCUT2D eigenvalue weighted by molar-refractivity contribution is 0.0714. The number of halogens is 1. The second kappa shape index (κ2) is 8.31. The molecule has 0 aliphatic carbocycles. The largest absolute Gasteiger partial charge is 0.459 e. The molecule has 28 heavy (non-hydrogen) atoms. The number of amides is 1. The van der Waals surface area contributed by atoms with E-state index in [1.807, 2.05) is 30.3 Å². The molecule has 0 atom stereocenters. The van der Waals surface area contributed by atoms with E-state index in [1.54, 1.807) is 23.4 Å². The van der Waals surface area contributed by atoms with Gasteiger partial charge in [0.15, 0.2) is 5.76 Å². The van der Waals surface area contributed by atoms with Crippen molar-refractivity contribution in [2.24, 2.45) is 0 Å². The van der Waals surface area contributed by atoms with E-state index in [1.165, 1.54) is 6.26 Å². The Kier molecular flexibility index (Phi) is 5.43. The first-order valence-corrected chi connectivity index (χ1v) is 9.45. The minimum atomic E-state index is -0.0746. The fraction of sp³-hybridized carbons (Fsp3) is 0.250. The highest BCUT2D eigenvalue weighted by molar-refractivity contribution is 6.31. The van der Waals surface area contributed by atoms with Crippen molar-refractivity contribution in [3.05, 3.63) is 71.4 Å². The van der Waals surface area contributed by atoms with Crippen LogP contribution in [0.2, 0.25) is 5.02 Å². The van der Waals surface area contributed by atoms with Crippen molar-refractivity contribution in [1.29, 1.82) is 0 Å². The molecule has 1 aromatic carbocycles. The van der Waals surface area contributed by atoms with E-state index >= 15 is 0 Å². The molecule has 4 rings (SSSR count). The highest BCUT2D eigenvalue weighted by Crippen LogP contribution is 2.20. The minimum Gasteiger partial charge on any atom is -0.459 e. The van der Waals surface area contributed by atoms with Gasteiger partial charge in [-0.1, -0.05) is 29.8 Å². The summed E-state index contributed by atoms with van der Waals surface area (Å²) in [5.41, 5.74) is 1.01. The third-order valence-corrected chi connectivity index (χ3v) is 5.06. The van der Waals surface area contributed by atoms with Gasteiger partial charge in [-0.2, -0.15) is 0 Å². The summed E-state index contributed by atoms with van der Waals surface area (Å²) >= 11 is 6.20. The van der Waals surface area contributed by atoms with Crippen LogP contribution in [0, 0.1) is 0 Å². The third-order valence-electron chi connectivity index (χ3n) is 4.69. The number of furan rings is 1. The number of carbonyl (C=O) groups is 1. The molecule has 1 saturated heterocycles. The lowest BCUT2D eigenvalue weighted by Gasteiger charge is -2.35. The summed E-state index contributed by atoms with van der Waals surface area (Å²) in [5, 5.41) is 4.01. The molecule has 2 aromatic heterocycles. The molecular weight excluding hydrogens is 378 g/mol. The summed E-state index contributed by atoms with van der Waals surface area (Å²) in [6.07, 6.45) is 3.06. The van der Waals surface area contributed by atoms with Crippen LogP contribution in [-0.2, 0) is 6.54 Å². The number of hydrogen-bond donors (Lipinski definition) is 1. The summed E-state index contributed by atoms with van der Waals surface area (Å²) < 4.78 is 5.20. The molecule has 1 aliphatic rings. The number of piperazine rings is 1. The summed E-state index contributed by atoms with van der Waals surface area (Å²) in [7, 11) is 0. The number of benzene rings is 1. The van der Waals surface area contributed by atoms with Crippen LogP contribution in [0.5, 0.6) is 0 Å². The number of hydrogen-bond acceptors (Lipinski definition) is 6. The Morgan fingerprint density at radius 3 is 2.68 bits per heavy atom. The molecule has 1 aliphatic heterocycles. The van der Waals surface area contributed by atoms with Gasteiger partial charge in [-0.05, 0) is 23.8 Å². The molecule has 1 amide bonds. The molecule has 0 unspecified atom stereocenters. The zero-order valence-electron chi connectivity index (χ0n) is 15.2. The Bertz CT molecular complexity index is 939. The van der Waals surface area contributed by atoms with Gasteiger partial charge in [0, 0.05) is 43.8 Å². The van der Waals surface area contributed by atoms with Gasteiger partial charge in [0.05, 0.1) is 6.26 Å². The number of aromatic nitrogens is 2. The molecule has 3 aromatic rings. The van der Waals surface area contributed by atoms with Gasteiger partial charge in [0.25, 0.3) is 5.91 Å². The zero-order valence-corrected chi connectivity index (χ0v) is 16.0. The van der Waals surface area contributed by atoms with Crippen molar-refractivity contribution < 1.29 is 9.21 Å². The van der Waals surface area contributed by atoms with Crippen LogP contribution in [-0.4, -0.2) is 47.0 Å². The monoisotopic (exact) mass is 397 g/mol. The van der Waals surface area contributed by atoms with Crippen LogP contribution < -0.4 is 10.2 Å². The van der Waals surface area contributed by atoms with Crippen LogP contribution in [0.4, 0.5) is 11.6 Å². The number of rotatable bonds is 5. The fourth-order valence-electron chi connectivity index (χ4n) is 3.14. The Morgan fingerprint density at radius 2 is 1.93 bits per heavy atom. The average Bonchev–Trinajstić information content (AvgIpc) is 3.28. The SMILES string of the molecule is O=C(c1ccco1)N1CCN(c2cc(NCc3ccccc3Cl)ncn2)CC1. The predicted octanol–water partition coefficient (Wildman–Crippen LogP) is 3.30. The maximum atomic E-state index is 12.4. The van der Waals surface area contributed by atoms with Gasteiger partial charge in [0.1, 0.15) is 18.0 Å². The summed E-state index contributed by atoms with van der Waals surface area (Å²) in [5.74, 6) is 1.87. The first-order chi connectivity index (χ1) is 13.7. The summed E-state index contributed by atoms with van der Waals surface area (Å²) in [6, 6.07) is 13.0. The van der Waals surface area contributed by atoms with E-state index in [-0.39, 0.29) is 5.91 Å². The van der Waals surface area contributed by atoms with E-state index in [4.69, 9.17) is 16.0 Å². The summed E-state index contributed by atoms with van der Waals surface area (Å²) in [6.45, 7) is 3.22. The van der Waals surface area contributed by atoms with Gasteiger partial charge in [-0.25, -0.2) is 9.97 Å². The van der Waals surface area contributed by atoms with Crippen molar-refractivity contribution in [1.82, 2.24) is 14.9 Å². The average molecular weight is 398 g/mol. The van der Waals surface area contributed by atoms with Crippen LogP contribution >= 0.6 is 11.6 Å². The van der Waals surface area contributed by atoms with Gasteiger partial charge in [0.2, 0.25) is 0 Å². The molecular formula is C20H20ClN5O2. The fourth-order valence-corrected chi connectivity index (χ4v) is 3.34. The molecule has 0 saturated carbocycles. The minimum absolute atomic E-state index is 0.0746. The normalized spacial score (nSPS) is 14.2. The molecule has 1 fully saturated rings. The molecule has 0 spiro atoms. The van der Waals surface area contributed by atoms with E-state index in [0.29, 0.717) is 38.5 Å². The Hall–Kier alpha value is -3.06. The maximum Gasteiger partial charge on any atom is 0.289 e. The van der Waals surface area contributed by atoms with Crippen LogP contribution in [0.15, 0.2) is 59.5 Å². The number of nitrogens with zero attached hydrogens (tertiary/aromatic N) is 4. The highest BCUT2D eigenvalue weighted by Gasteiger charge is 2.24. The third kappa shape index (κ3) is 4.09. The van der Waals surface area contributed by atoms with Crippen LogP contribution in [0.1, 0.15) is 16.1 Å². The van der Waals surface area contributed by atoms with Gasteiger partial charge >= 0.3 is 0 Å². The second-order valence-electron chi connectivity index (χ2n) is 6.46. The molecule has 1 N–H and O–H groups in total. The molecule has 0 bridgehead atoms. The van der Waals surface area contributed by atoms with E-state index in [0.717, 1.165) is 22.2 Å². The van der Waals surface area contributed by atoms with Crippen molar-refractivity contribution in [2.45, 2.75) is 6.54 Å². The Labute approximate surface area is 167 Å². The van der Waals surface area contributed by atoms with Crippen molar-refractivity contribution in [3.8, 4) is 0 Å². The molecule has 7 nitrogen and oxygen atoms in total. The first-order valence-electron chi connectivity index (χ1n) is 9.08. The topological polar surface area (TPSA) is 74.5 Å². The molecule has 0 radical (unpaired) electrons. The predicted molar refractivity (Wildman–Crippen MR) is 108 cm³/mol. The first kappa shape index (κ1) is 18.3. The standard InChI is InChI=1S/C20H20ClN5O2/c21-16-5-2-1-4-15(16)13-22-18-12-19(24-14-23-18)25-7-9-26(10-8-25)20(27)17-6-3-11-28-17/h1-6,11-12,14H,7-10,13H2,(H,22,23,24). The molecule has 8 heteroatoms. The van der Waals surface area contributed by atoms with Crippen molar-refractivity contribution >= 4 is 29.1 Å². The number of carbonyl (C=O) groups excluding carboxylic acids is 1. The smallest absolute Gasteiger partial charge is 0.289 e. The second-order valence-corrected chi connectivity index (χ2v) is 6.87. The van der Waals surface area contributed by atoms with E-state index in [9.17, 15) is 4.79 Å². The lowest BCUT2D eigenvalue weighted by Crippen LogP contribution is -2.49. The highest BCUT2D eigenvalue weighted by atomic mass is 35.5. The van der Waals surface area contributed by atoms with Crippen molar-refractivity contribution in [2.75, 3.05) is 36.4 Å². The van der Waals surface area contributed by atoms with Crippen molar-refractivity contribution in [3.63, 3.8) is 0 Å². The maximum absolute atomic E-state index is 12.4. The van der Waals surface area contributed by atoms with Gasteiger partial charge < -0.3 is 19.5 Å². The molecule has 3 heterocycles. The van der Waals surface area contributed by atoms with Crippen LogP contribution in [0.3, 0.4) is 0 Å². The summed E-state index contributed by atoms with van der Waals surface area (Å²) in [4.78, 5) is 25.0. The lowest BCUT2D eigenvalue weighted by atomic mass is 10.2. The Balaban J connectivity index is 1.36. The zero-order chi connectivity index (χ0) is 19.3. The van der Waals surface area contributed by atoms with Gasteiger partial charge in [-0.15, -0.1) is 0 Å². The number of nitrogens with one attached hydrogen (secondary N) is 1. The number of anilines is 2. The van der Waals surface area contributed by atoms with E-state index < -0.39 is 0 Å². The van der Waals surface area contributed by atoms with E-state index in [2.05, 4.69) is 20.2 Å². The van der Waals surface area contributed by atoms with Gasteiger partial charge in [-0.3, -0.25) is 4.79 Å².